The van der Waals surface area contributed by atoms with E-state index in [4.69, 9.17) is 9.84 Å². The Morgan fingerprint density at radius 1 is 1.70 bits per heavy atom. The van der Waals surface area contributed by atoms with Crippen molar-refractivity contribution < 1.29 is 14.9 Å². The number of hydrogen-bond acceptors (Lipinski definition) is 3. The lowest BCUT2D eigenvalue weighted by molar-refractivity contribution is -0.0339. The highest BCUT2D eigenvalue weighted by Gasteiger charge is 2.40. The first kappa shape index (κ1) is 7.98. The first-order valence-electron chi connectivity index (χ1n) is 3.55. The lowest BCUT2D eigenvalue weighted by atomic mass is 9.97. The zero-order valence-electron chi connectivity index (χ0n) is 6.37. The third-order valence-corrected chi connectivity index (χ3v) is 2.12. The Morgan fingerprint density at radius 3 is 2.50 bits per heavy atom. The van der Waals surface area contributed by atoms with Crippen molar-refractivity contribution in [2.45, 2.75) is 38.1 Å². The van der Waals surface area contributed by atoms with Crippen LogP contribution < -0.4 is 0 Å². The summed E-state index contributed by atoms with van der Waals surface area (Å²) in [5, 5.41) is 18.2. The molecule has 1 fully saturated rings. The van der Waals surface area contributed by atoms with Gasteiger partial charge in [0.15, 0.2) is 0 Å². The maximum atomic E-state index is 9.53. The van der Waals surface area contributed by atoms with Crippen LogP contribution in [-0.2, 0) is 4.74 Å². The van der Waals surface area contributed by atoms with Crippen molar-refractivity contribution in [1.82, 2.24) is 0 Å². The summed E-state index contributed by atoms with van der Waals surface area (Å²) in [5.74, 6) is 0. The molecule has 0 amide bonds. The predicted molar refractivity (Wildman–Crippen MR) is 36.7 cm³/mol. The average Bonchev–Trinajstić information content (AvgIpc) is 2.08. The van der Waals surface area contributed by atoms with Gasteiger partial charge in [0.2, 0.25) is 0 Å². The minimum Gasteiger partial charge on any atom is -0.394 e. The summed E-state index contributed by atoms with van der Waals surface area (Å²) in [5.41, 5.74) is -0.757. The van der Waals surface area contributed by atoms with Crippen LogP contribution in [-0.4, -0.2) is 34.6 Å². The van der Waals surface area contributed by atoms with Crippen LogP contribution >= 0.6 is 0 Å². The third-order valence-electron chi connectivity index (χ3n) is 2.12. The first-order valence-corrected chi connectivity index (χ1v) is 3.55. The molecular formula is C7H14O3. The van der Waals surface area contributed by atoms with Gasteiger partial charge in [-0.3, -0.25) is 0 Å². The molecule has 0 radical (unpaired) electrons. The molecule has 3 unspecified atom stereocenters. The minimum absolute atomic E-state index is 0.000486. The van der Waals surface area contributed by atoms with Crippen LogP contribution in [0, 0.1) is 0 Å². The fraction of sp³-hybridized carbons (Fsp3) is 1.00. The molecule has 3 heteroatoms. The second-order valence-corrected chi connectivity index (χ2v) is 3.14. The van der Waals surface area contributed by atoms with Gasteiger partial charge in [-0.05, 0) is 13.8 Å². The maximum Gasteiger partial charge on any atom is 0.0903 e. The van der Waals surface area contributed by atoms with Crippen molar-refractivity contribution >= 4 is 0 Å². The number of ether oxygens (including phenoxy) is 1. The summed E-state index contributed by atoms with van der Waals surface area (Å²) in [6.07, 6.45) is 0.194. The molecule has 2 N–H and O–H groups in total. The van der Waals surface area contributed by atoms with E-state index in [9.17, 15) is 5.11 Å². The molecule has 0 aromatic carbocycles. The van der Waals surface area contributed by atoms with Crippen LogP contribution in [0.2, 0.25) is 0 Å². The molecule has 1 rings (SSSR count). The fourth-order valence-corrected chi connectivity index (χ4v) is 1.22. The molecule has 3 nitrogen and oxygen atoms in total. The molecule has 1 aliphatic heterocycles. The van der Waals surface area contributed by atoms with Crippen LogP contribution in [0.25, 0.3) is 0 Å². The second kappa shape index (κ2) is 2.49. The number of hydrogen-bond donors (Lipinski definition) is 2. The molecule has 1 saturated heterocycles. The molecule has 60 valence electrons. The molecule has 0 aromatic heterocycles. The van der Waals surface area contributed by atoms with Crippen LogP contribution in [0.4, 0.5) is 0 Å². The van der Waals surface area contributed by atoms with Gasteiger partial charge < -0.3 is 14.9 Å². The van der Waals surface area contributed by atoms with Crippen LogP contribution in [0.3, 0.4) is 0 Å². The van der Waals surface area contributed by atoms with Gasteiger partial charge in [0.25, 0.3) is 0 Å². The van der Waals surface area contributed by atoms with Crippen molar-refractivity contribution in [2.24, 2.45) is 0 Å². The molecule has 0 saturated carbocycles. The topological polar surface area (TPSA) is 49.7 Å². The Morgan fingerprint density at radius 2 is 2.30 bits per heavy atom. The Balaban J connectivity index is 2.53. The smallest absolute Gasteiger partial charge is 0.0903 e. The summed E-state index contributed by atoms with van der Waals surface area (Å²) in [6, 6.07) is 0. The highest BCUT2D eigenvalue weighted by molar-refractivity contribution is 4.89. The number of aliphatic hydroxyl groups is 2. The molecule has 1 aliphatic rings. The SMILES string of the molecule is CC1OC(CO)CC1(C)O. The van der Waals surface area contributed by atoms with E-state index in [2.05, 4.69) is 0 Å². The standard InChI is InChI=1S/C7H14O3/c1-5-7(2,9)3-6(4-8)10-5/h5-6,8-9H,3-4H2,1-2H3. The fourth-order valence-electron chi connectivity index (χ4n) is 1.22. The normalized spacial score (nSPS) is 48.0. The molecule has 0 aliphatic carbocycles. The predicted octanol–water partition coefficient (Wildman–Crippen LogP) is -0.0929. The Labute approximate surface area is 60.6 Å². The maximum absolute atomic E-state index is 9.53. The van der Waals surface area contributed by atoms with Gasteiger partial charge in [-0.15, -0.1) is 0 Å². The van der Waals surface area contributed by atoms with Gasteiger partial charge in [-0.25, -0.2) is 0 Å². The largest absolute Gasteiger partial charge is 0.394 e. The van der Waals surface area contributed by atoms with Crippen molar-refractivity contribution in [3.05, 3.63) is 0 Å². The Bertz CT molecular complexity index is 122. The Hall–Kier alpha value is -0.120. The van der Waals surface area contributed by atoms with Gasteiger partial charge in [-0.2, -0.15) is 0 Å². The molecule has 10 heavy (non-hydrogen) atoms. The molecule has 0 bridgehead atoms. The van der Waals surface area contributed by atoms with Gasteiger partial charge in [0.05, 0.1) is 24.4 Å². The Kier molecular flexibility index (Phi) is 1.99. The zero-order chi connectivity index (χ0) is 7.78. The summed E-state index contributed by atoms with van der Waals surface area (Å²) >= 11 is 0. The summed E-state index contributed by atoms with van der Waals surface area (Å²) in [7, 11) is 0. The van der Waals surface area contributed by atoms with Gasteiger partial charge in [0, 0.05) is 6.42 Å². The molecular weight excluding hydrogens is 132 g/mol. The first-order chi connectivity index (χ1) is 4.56. The second-order valence-electron chi connectivity index (χ2n) is 3.14. The van der Waals surface area contributed by atoms with Crippen molar-refractivity contribution in [2.75, 3.05) is 6.61 Å². The highest BCUT2D eigenvalue weighted by Crippen LogP contribution is 2.29. The van der Waals surface area contributed by atoms with Crippen LogP contribution in [0.1, 0.15) is 20.3 Å². The third kappa shape index (κ3) is 1.31. The van der Waals surface area contributed by atoms with Crippen LogP contribution in [0.15, 0.2) is 0 Å². The van der Waals surface area contributed by atoms with Crippen LogP contribution in [0.5, 0.6) is 0 Å². The molecule has 1 heterocycles. The number of rotatable bonds is 1. The summed E-state index contributed by atoms with van der Waals surface area (Å²) in [6.45, 7) is 3.55. The molecule has 0 spiro atoms. The number of aliphatic hydroxyl groups excluding tert-OH is 1. The van der Waals surface area contributed by atoms with Crippen molar-refractivity contribution in [3.8, 4) is 0 Å². The van der Waals surface area contributed by atoms with Crippen molar-refractivity contribution in [3.63, 3.8) is 0 Å². The average molecular weight is 146 g/mol. The lowest BCUT2D eigenvalue weighted by Gasteiger charge is -2.18. The minimum atomic E-state index is -0.757. The van der Waals surface area contributed by atoms with E-state index in [-0.39, 0.29) is 18.8 Å². The molecule has 0 aromatic rings. The molecule has 3 atom stereocenters. The van der Waals surface area contributed by atoms with Gasteiger partial charge in [0.1, 0.15) is 0 Å². The van der Waals surface area contributed by atoms with E-state index in [1.807, 2.05) is 6.92 Å². The lowest BCUT2D eigenvalue weighted by Crippen LogP contribution is -2.31. The summed E-state index contributed by atoms with van der Waals surface area (Å²) < 4.78 is 5.23. The van der Waals surface area contributed by atoms with E-state index < -0.39 is 5.60 Å². The summed E-state index contributed by atoms with van der Waals surface area (Å²) in [4.78, 5) is 0. The van der Waals surface area contributed by atoms with E-state index in [1.54, 1.807) is 6.92 Å². The quantitative estimate of drug-likeness (QED) is 0.543. The van der Waals surface area contributed by atoms with E-state index >= 15 is 0 Å². The van der Waals surface area contributed by atoms with E-state index in [0.717, 1.165) is 0 Å². The van der Waals surface area contributed by atoms with Gasteiger partial charge >= 0.3 is 0 Å². The van der Waals surface area contributed by atoms with E-state index in [1.165, 1.54) is 0 Å². The van der Waals surface area contributed by atoms with Crippen molar-refractivity contribution in [1.29, 1.82) is 0 Å². The highest BCUT2D eigenvalue weighted by atomic mass is 16.5. The van der Waals surface area contributed by atoms with Gasteiger partial charge in [-0.1, -0.05) is 0 Å². The monoisotopic (exact) mass is 146 g/mol. The zero-order valence-corrected chi connectivity index (χ0v) is 6.37. The van der Waals surface area contributed by atoms with E-state index in [0.29, 0.717) is 6.42 Å².